The Hall–Kier alpha value is -2.16. The van der Waals surface area contributed by atoms with E-state index < -0.39 is 6.61 Å². The average Bonchev–Trinajstić information content (AvgIpc) is 2.90. The lowest BCUT2D eigenvalue weighted by Crippen LogP contribution is -2.18. The van der Waals surface area contributed by atoms with Gasteiger partial charge in [-0.15, -0.1) is 0 Å². The first-order valence-electron chi connectivity index (χ1n) is 7.20. The van der Waals surface area contributed by atoms with Crippen LogP contribution in [-0.2, 0) is 6.54 Å². The Morgan fingerprint density at radius 1 is 1.38 bits per heavy atom. The summed E-state index contributed by atoms with van der Waals surface area (Å²) in [7, 11) is 0. The number of halogens is 3. The van der Waals surface area contributed by atoms with E-state index in [0.29, 0.717) is 22.4 Å². The molecular formula is C15H16BrF2N3O3. The molecule has 130 valence electrons. The number of benzene rings is 1. The van der Waals surface area contributed by atoms with E-state index in [0.717, 1.165) is 0 Å². The van der Waals surface area contributed by atoms with Gasteiger partial charge in [0.25, 0.3) is 5.91 Å². The molecule has 0 spiro atoms. The number of rotatable bonds is 7. The number of nitrogens with one attached hydrogen (secondary N) is 1. The van der Waals surface area contributed by atoms with E-state index in [-0.39, 0.29) is 24.0 Å². The Kier molecular flexibility index (Phi) is 6.13. The summed E-state index contributed by atoms with van der Waals surface area (Å²) in [4.78, 5) is 12.4. The zero-order valence-corrected chi connectivity index (χ0v) is 14.6. The third kappa shape index (κ3) is 4.22. The molecule has 2 aromatic rings. The number of nitrogens with zero attached hydrogens (tertiary/aromatic N) is 2. The Morgan fingerprint density at radius 2 is 2.12 bits per heavy atom. The summed E-state index contributed by atoms with van der Waals surface area (Å²) >= 11 is 3.28. The van der Waals surface area contributed by atoms with Crippen molar-refractivity contribution in [2.75, 3.05) is 11.9 Å². The lowest BCUT2D eigenvalue weighted by molar-refractivity contribution is -0.0514. The molecule has 0 aliphatic heterocycles. The van der Waals surface area contributed by atoms with Crippen LogP contribution in [0.4, 0.5) is 14.5 Å². The maximum absolute atomic E-state index is 12.4. The zero-order valence-electron chi connectivity index (χ0n) is 13.1. The summed E-state index contributed by atoms with van der Waals surface area (Å²) in [6, 6.07) is 4.21. The molecule has 0 aliphatic carbocycles. The summed E-state index contributed by atoms with van der Waals surface area (Å²) in [6.45, 7) is 1.42. The number of amides is 1. The SMILES string of the molecule is CCOc1cc(NC(=O)c2c(Br)cnn2CC)ccc1OC(F)F. The number of ether oxygens (including phenoxy) is 2. The van der Waals surface area contributed by atoms with Crippen LogP contribution in [0.2, 0.25) is 0 Å². The molecule has 1 aromatic carbocycles. The van der Waals surface area contributed by atoms with Crippen LogP contribution in [0.25, 0.3) is 0 Å². The van der Waals surface area contributed by atoms with Gasteiger partial charge in [-0.1, -0.05) is 0 Å². The highest BCUT2D eigenvalue weighted by molar-refractivity contribution is 9.10. The Morgan fingerprint density at radius 3 is 2.75 bits per heavy atom. The van der Waals surface area contributed by atoms with E-state index in [1.165, 1.54) is 29.1 Å². The van der Waals surface area contributed by atoms with Crippen LogP contribution >= 0.6 is 15.9 Å². The number of hydrogen-bond donors (Lipinski definition) is 1. The average molecular weight is 404 g/mol. The van der Waals surface area contributed by atoms with Crippen LogP contribution in [0.5, 0.6) is 11.5 Å². The molecule has 0 aliphatic rings. The molecule has 2 rings (SSSR count). The standard InChI is InChI=1S/C15H16BrF2N3O3/c1-3-21-13(10(16)8-19-21)14(22)20-9-5-6-11(24-15(17)18)12(7-9)23-4-2/h5-8,15H,3-4H2,1-2H3,(H,20,22). The largest absolute Gasteiger partial charge is 0.490 e. The fraction of sp³-hybridized carbons (Fsp3) is 0.333. The maximum Gasteiger partial charge on any atom is 0.387 e. The second-order valence-corrected chi connectivity index (χ2v) is 5.44. The zero-order chi connectivity index (χ0) is 17.7. The molecule has 0 unspecified atom stereocenters. The first-order valence-corrected chi connectivity index (χ1v) is 7.99. The van der Waals surface area contributed by atoms with Gasteiger partial charge in [0.2, 0.25) is 0 Å². The second kappa shape index (κ2) is 8.09. The van der Waals surface area contributed by atoms with Crippen molar-refractivity contribution >= 4 is 27.5 Å². The first kappa shape index (κ1) is 18.2. The minimum absolute atomic E-state index is 0.0929. The molecule has 0 fully saturated rings. The van der Waals surface area contributed by atoms with Gasteiger partial charge in [0.05, 0.1) is 17.3 Å². The van der Waals surface area contributed by atoms with Crippen molar-refractivity contribution in [2.45, 2.75) is 27.0 Å². The number of hydrogen-bond acceptors (Lipinski definition) is 4. The topological polar surface area (TPSA) is 65.4 Å². The lowest BCUT2D eigenvalue weighted by atomic mass is 10.2. The smallest absolute Gasteiger partial charge is 0.387 e. The highest BCUT2D eigenvalue weighted by atomic mass is 79.9. The third-order valence-electron chi connectivity index (χ3n) is 3.03. The normalized spacial score (nSPS) is 10.8. The molecule has 1 heterocycles. The van der Waals surface area contributed by atoms with Crippen LogP contribution in [0.15, 0.2) is 28.9 Å². The van der Waals surface area contributed by atoms with E-state index in [1.54, 1.807) is 6.92 Å². The minimum atomic E-state index is -2.96. The summed E-state index contributed by atoms with van der Waals surface area (Å²) in [6.07, 6.45) is 1.53. The number of carbonyl (C=O) groups is 1. The summed E-state index contributed by atoms with van der Waals surface area (Å²) in [5.41, 5.74) is 0.754. The predicted molar refractivity (Wildman–Crippen MR) is 87.8 cm³/mol. The van der Waals surface area contributed by atoms with Crippen molar-refractivity contribution in [2.24, 2.45) is 0 Å². The maximum atomic E-state index is 12.4. The number of carbonyl (C=O) groups excluding carboxylic acids is 1. The molecule has 1 aromatic heterocycles. The first-order chi connectivity index (χ1) is 11.5. The van der Waals surface area contributed by atoms with Crippen LogP contribution in [0, 0.1) is 0 Å². The summed E-state index contributed by atoms with van der Waals surface area (Å²) in [5.74, 6) is -0.352. The Bertz CT molecular complexity index is 722. The molecule has 6 nitrogen and oxygen atoms in total. The van der Waals surface area contributed by atoms with Gasteiger partial charge in [-0.2, -0.15) is 13.9 Å². The predicted octanol–water partition coefficient (Wildman–Crippen LogP) is 3.92. The van der Waals surface area contributed by atoms with Crippen molar-refractivity contribution in [1.82, 2.24) is 9.78 Å². The molecular weight excluding hydrogens is 388 g/mol. The van der Waals surface area contributed by atoms with Crippen molar-refractivity contribution in [3.8, 4) is 11.5 Å². The van der Waals surface area contributed by atoms with E-state index in [4.69, 9.17) is 4.74 Å². The molecule has 0 radical (unpaired) electrons. The molecule has 9 heteroatoms. The van der Waals surface area contributed by atoms with Crippen LogP contribution in [-0.4, -0.2) is 28.9 Å². The highest BCUT2D eigenvalue weighted by Crippen LogP contribution is 2.32. The van der Waals surface area contributed by atoms with Crippen LogP contribution in [0.3, 0.4) is 0 Å². The minimum Gasteiger partial charge on any atom is -0.490 e. The fourth-order valence-corrected chi connectivity index (χ4v) is 2.54. The van der Waals surface area contributed by atoms with E-state index in [1.807, 2.05) is 6.92 Å². The summed E-state index contributed by atoms with van der Waals surface area (Å²) in [5, 5.41) is 6.76. The Balaban J connectivity index is 2.24. The quantitative estimate of drug-likeness (QED) is 0.760. The molecule has 0 saturated heterocycles. The van der Waals surface area contributed by atoms with Crippen molar-refractivity contribution in [3.63, 3.8) is 0 Å². The number of alkyl halides is 2. The van der Waals surface area contributed by atoms with Crippen LogP contribution < -0.4 is 14.8 Å². The van der Waals surface area contributed by atoms with Crippen LogP contribution in [0.1, 0.15) is 24.3 Å². The number of aromatic nitrogens is 2. The summed E-state index contributed by atoms with van der Waals surface area (Å²) < 4.78 is 36.6. The molecule has 0 saturated carbocycles. The van der Waals surface area contributed by atoms with Crippen molar-refractivity contribution < 1.29 is 23.0 Å². The molecule has 0 atom stereocenters. The van der Waals surface area contributed by atoms with E-state index in [9.17, 15) is 13.6 Å². The molecule has 24 heavy (non-hydrogen) atoms. The molecule has 1 amide bonds. The van der Waals surface area contributed by atoms with Gasteiger partial charge in [-0.25, -0.2) is 0 Å². The monoisotopic (exact) mass is 403 g/mol. The van der Waals surface area contributed by atoms with Crippen molar-refractivity contribution in [1.29, 1.82) is 0 Å². The molecule has 0 bridgehead atoms. The number of anilines is 1. The highest BCUT2D eigenvalue weighted by Gasteiger charge is 2.18. The Labute approximate surface area is 145 Å². The fourth-order valence-electron chi connectivity index (χ4n) is 2.07. The van der Waals surface area contributed by atoms with Gasteiger partial charge < -0.3 is 14.8 Å². The third-order valence-corrected chi connectivity index (χ3v) is 3.61. The number of aryl methyl sites for hydroxylation is 1. The molecule has 1 N–H and O–H groups in total. The van der Waals surface area contributed by atoms with E-state index in [2.05, 4.69) is 31.1 Å². The van der Waals surface area contributed by atoms with Gasteiger partial charge in [0, 0.05) is 18.3 Å². The van der Waals surface area contributed by atoms with Gasteiger partial charge in [-0.05, 0) is 41.9 Å². The lowest BCUT2D eigenvalue weighted by Gasteiger charge is -2.13. The van der Waals surface area contributed by atoms with Crippen molar-refractivity contribution in [3.05, 3.63) is 34.6 Å². The van der Waals surface area contributed by atoms with Gasteiger partial charge in [0.15, 0.2) is 11.5 Å². The second-order valence-electron chi connectivity index (χ2n) is 4.58. The van der Waals surface area contributed by atoms with Gasteiger partial charge in [-0.3, -0.25) is 9.48 Å². The van der Waals surface area contributed by atoms with E-state index >= 15 is 0 Å². The van der Waals surface area contributed by atoms with Gasteiger partial charge in [0.1, 0.15) is 5.69 Å². The van der Waals surface area contributed by atoms with Gasteiger partial charge >= 0.3 is 6.61 Å².